The molecule has 1 atom stereocenters. The van der Waals surface area contributed by atoms with E-state index in [-0.39, 0.29) is 6.04 Å². The van der Waals surface area contributed by atoms with Gasteiger partial charge in [0, 0.05) is 6.54 Å². The van der Waals surface area contributed by atoms with Crippen molar-refractivity contribution in [3.63, 3.8) is 0 Å². The van der Waals surface area contributed by atoms with Crippen molar-refractivity contribution in [2.24, 2.45) is 0 Å². The molecule has 0 spiro atoms. The Morgan fingerprint density at radius 1 is 1.60 bits per heavy atom. The Bertz CT molecular complexity index is 283. The molecule has 0 aliphatic carbocycles. The van der Waals surface area contributed by atoms with Crippen LogP contribution in [0, 0.1) is 0 Å². The number of hydrogen-bond donors (Lipinski definition) is 2. The molecular weight excluding hydrogens is 224 g/mol. The minimum atomic E-state index is 0.290. The van der Waals surface area contributed by atoms with Crippen LogP contribution in [-0.4, -0.2) is 11.7 Å². The summed E-state index contributed by atoms with van der Waals surface area (Å²) in [5, 5.41) is 11.4. The van der Waals surface area contributed by atoms with Crippen LogP contribution < -0.4 is 10.6 Å². The van der Waals surface area contributed by atoms with E-state index in [0.717, 1.165) is 18.1 Å². The number of hydrogen-bond acceptors (Lipinski definition) is 2. The minimum absolute atomic E-state index is 0.290. The highest BCUT2D eigenvalue weighted by molar-refractivity contribution is 7.80. The highest BCUT2D eigenvalue weighted by Gasteiger charge is 2.06. The van der Waals surface area contributed by atoms with Gasteiger partial charge in [0.25, 0.3) is 0 Å². The van der Waals surface area contributed by atoms with Gasteiger partial charge in [0.2, 0.25) is 0 Å². The Kier molecular flexibility index (Phi) is 5.65. The first-order chi connectivity index (χ1) is 7.24. The Morgan fingerprint density at radius 3 is 3.00 bits per heavy atom. The van der Waals surface area contributed by atoms with Gasteiger partial charge in [-0.3, -0.25) is 0 Å². The summed E-state index contributed by atoms with van der Waals surface area (Å²) >= 11 is 6.91. The van der Waals surface area contributed by atoms with Gasteiger partial charge in [0.05, 0.1) is 6.04 Å². The fourth-order valence-electron chi connectivity index (χ4n) is 1.23. The lowest BCUT2D eigenvalue weighted by Crippen LogP contribution is -2.37. The second-order valence-corrected chi connectivity index (χ2v) is 4.72. The van der Waals surface area contributed by atoms with Crippen LogP contribution in [0.4, 0.5) is 0 Å². The number of unbranched alkanes of at least 4 members (excludes halogenated alkanes) is 1. The standard InChI is InChI=1S/C11H18N2S2/c1-3-4-6-12-11(14)13-9(2)10-5-7-15-8-10/h5,7-9H,3-4,6H2,1-2H3,(H2,12,13,14). The predicted molar refractivity (Wildman–Crippen MR) is 71.4 cm³/mol. The normalized spacial score (nSPS) is 12.1. The SMILES string of the molecule is CCCCNC(=S)NC(C)c1ccsc1. The van der Waals surface area contributed by atoms with Crippen molar-refractivity contribution in [3.05, 3.63) is 22.4 Å². The maximum absolute atomic E-state index is 5.20. The molecule has 0 radical (unpaired) electrons. The molecule has 2 N–H and O–H groups in total. The molecule has 0 amide bonds. The molecule has 1 aromatic rings. The lowest BCUT2D eigenvalue weighted by Gasteiger charge is -2.15. The molecule has 15 heavy (non-hydrogen) atoms. The molecule has 1 aromatic heterocycles. The maximum atomic E-state index is 5.20. The summed E-state index contributed by atoms with van der Waals surface area (Å²) in [7, 11) is 0. The summed E-state index contributed by atoms with van der Waals surface area (Å²) in [5.41, 5.74) is 1.29. The second-order valence-electron chi connectivity index (χ2n) is 3.53. The van der Waals surface area contributed by atoms with E-state index in [0.29, 0.717) is 0 Å². The van der Waals surface area contributed by atoms with Crippen LogP contribution in [0.15, 0.2) is 16.8 Å². The monoisotopic (exact) mass is 242 g/mol. The van der Waals surface area contributed by atoms with Crippen molar-refractivity contribution < 1.29 is 0 Å². The summed E-state index contributed by atoms with van der Waals surface area (Å²) in [6.45, 7) is 5.25. The average molecular weight is 242 g/mol. The van der Waals surface area contributed by atoms with Gasteiger partial charge < -0.3 is 10.6 Å². The van der Waals surface area contributed by atoms with Crippen LogP contribution in [-0.2, 0) is 0 Å². The van der Waals surface area contributed by atoms with E-state index in [1.807, 2.05) is 0 Å². The fraction of sp³-hybridized carbons (Fsp3) is 0.545. The molecule has 1 unspecified atom stereocenters. The molecule has 0 aliphatic rings. The number of thiophene rings is 1. The van der Waals surface area contributed by atoms with E-state index < -0.39 is 0 Å². The fourth-order valence-corrected chi connectivity index (χ4v) is 2.26. The molecule has 0 aromatic carbocycles. The van der Waals surface area contributed by atoms with E-state index in [1.165, 1.54) is 12.0 Å². The summed E-state index contributed by atoms with van der Waals surface area (Å²) in [6.07, 6.45) is 2.35. The van der Waals surface area contributed by atoms with Crippen molar-refractivity contribution in [1.82, 2.24) is 10.6 Å². The van der Waals surface area contributed by atoms with Gasteiger partial charge in [-0.15, -0.1) is 0 Å². The predicted octanol–water partition coefficient (Wildman–Crippen LogP) is 3.07. The molecule has 0 saturated carbocycles. The van der Waals surface area contributed by atoms with Gasteiger partial charge in [0.15, 0.2) is 5.11 Å². The first-order valence-corrected chi connectivity index (χ1v) is 6.65. The highest BCUT2D eigenvalue weighted by atomic mass is 32.1. The molecule has 0 bridgehead atoms. The van der Waals surface area contributed by atoms with Crippen LogP contribution >= 0.6 is 23.6 Å². The zero-order valence-corrected chi connectivity index (χ0v) is 10.9. The zero-order chi connectivity index (χ0) is 11.1. The van der Waals surface area contributed by atoms with Gasteiger partial charge in [-0.05, 0) is 48.0 Å². The van der Waals surface area contributed by atoms with Crippen LogP contribution in [0.1, 0.15) is 38.3 Å². The quantitative estimate of drug-likeness (QED) is 0.613. The number of thiocarbonyl (C=S) groups is 1. The van der Waals surface area contributed by atoms with Gasteiger partial charge in [-0.2, -0.15) is 11.3 Å². The Hall–Kier alpha value is -0.610. The first-order valence-electron chi connectivity index (χ1n) is 5.30. The van der Waals surface area contributed by atoms with Crippen molar-refractivity contribution in [2.75, 3.05) is 6.54 Å². The highest BCUT2D eigenvalue weighted by Crippen LogP contribution is 2.15. The molecule has 2 nitrogen and oxygen atoms in total. The first kappa shape index (κ1) is 12.5. The molecule has 0 aliphatic heterocycles. The van der Waals surface area contributed by atoms with Crippen LogP contribution in [0.2, 0.25) is 0 Å². The number of rotatable bonds is 5. The van der Waals surface area contributed by atoms with E-state index in [2.05, 4.69) is 41.3 Å². The van der Waals surface area contributed by atoms with Gasteiger partial charge in [-0.1, -0.05) is 13.3 Å². The third-order valence-corrected chi connectivity index (χ3v) is 3.17. The summed E-state index contributed by atoms with van der Waals surface area (Å²) < 4.78 is 0. The Balaban J connectivity index is 2.26. The topological polar surface area (TPSA) is 24.1 Å². The molecule has 1 rings (SSSR count). The largest absolute Gasteiger partial charge is 0.363 e. The van der Waals surface area contributed by atoms with Gasteiger partial charge in [0.1, 0.15) is 0 Å². The van der Waals surface area contributed by atoms with E-state index >= 15 is 0 Å². The maximum Gasteiger partial charge on any atom is 0.166 e. The molecule has 1 heterocycles. The lowest BCUT2D eigenvalue weighted by molar-refractivity contribution is 0.684. The smallest absolute Gasteiger partial charge is 0.166 e. The second kappa shape index (κ2) is 6.80. The minimum Gasteiger partial charge on any atom is -0.363 e. The van der Waals surface area contributed by atoms with Crippen molar-refractivity contribution in [3.8, 4) is 0 Å². The van der Waals surface area contributed by atoms with E-state index in [1.54, 1.807) is 11.3 Å². The van der Waals surface area contributed by atoms with Crippen molar-refractivity contribution in [1.29, 1.82) is 0 Å². The van der Waals surface area contributed by atoms with Gasteiger partial charge >= 0.3 is 0 Å². The summed E-state index contributed by atoms with van der Waals surface area (Å²) in [6, 6.07) is 2.41. The van der Waals surface area contributed by atoms with Crippen molar-refractivity contribution in [2.45, 2.75) is 32.7 Å². The van der Waals surface area contributed by atoms with Crippen LogP contribution in [0.25, 0.3) is 0 Å². The van der Waals surface area contributed by atoms with E-state index in [9.17, 15) is 0 Å². The molecular formula is C11H18N2S2. The molecule has 84 valence electrons. The molecule has 0 fully saturated rings. The average Bonchev–Trinajstić information content (AvgIpc) is 2.70. The Morgan fingerprint density at radius 2 is 2.40 bits per heavy atom. The Labute approximate surface area is 101 Å². The summed E-state index contributed by atoms with van der Waals surface area (Å²) in [5.74, 6) is 0. The number of nitrogens with one attached hydrogen (secondary N) is 2. The lowest BCUT2D eigenvalue weighted by atomic mass is 10.2. The van der Waals surface area contributed by atoms with E-state index in [4.69, 9.17) is 12.2 Å². The van der Waals surface area contributed by atoms with Crippen LogP contribution in [0.5, 0.6) is 0 Å². The zero-order valence-electron chi connectivity index (χ0n) is 9.25. The summed E-state index contributed by atoms with van der Waals surface area (Å²) in [4.78, 5) is 0. The van der Waals surface area contributed by atoms with Crippen molar-refractivity contribution >= 4 is 28.7 Å². The third kappa shape index (κ3) is 4.62. The molecule has 0 saturated heterocycles. The van der Waals surface area contributed by atoms with Gasteiger partial charge in [-0.25, -0.2) is 0 Å². The molecule has 4 heteroatoms. The van der Waals surface area contributed by atoms with Crippen LogP contribution in [0.3, 0.4) is 0 Å². The third-order valence-electron chi connectivity index (χ3n) is 2.21.